The molecule has 1 aromatic rings. The number of hydrogen-bond donors (Lipinski definition) is 2. The molecule has 2 rings (SSSR count). The van der Waals surface area contributed by atoms with Crippen LogP contribution in [0.2, 0.25) is 0 Å². The van der Waals surface area contributed by atoms with Gasteiger partial charge in [0, 0.05) is 44.1 Å². The topological polar surface area (TPSA) is 78.1 Å². The normalized spacial score (nSPS) is 17.2. The summed E-state index contributed by atoms with van der Waals surface area (Å²) in [5, 5.41) is 10.0. The van der Waals surface area contributed by atoms with Gasteiger partial charge >= 0.3 is 0 Å². The molecule has 1 aliphatic rings. The van der Waals surface area contributed by atoms with Crippen LogP contribution in [0.3, 0.4) is 0 Å². The molecule has 1 saturated heterocycles. The van der Waals surface area contributed by atoms with Gasteiger partial charge in [0.1, 0.15) is 0 Å². The van der Waals surface area contributed by atoms with Gasteiger partial charge in [-0.25, -0.2) is 0 Å². The average molecular weight is 306 g/mol. The number of likely N-dealkylation sites (tertiary alicyclic amines) is 1. The van der Waals surface area contributed by atoms with Crippen molar-refractivity contribution in [2.24, 2.45) is 0 Å². The SMILES string of the molecule is Cc1cc(C[C@H](C)NC(=O)CCN2CCCCCC2=O)n[nH]1. The van der Waals surface area contributed by atoms with E-state index in [0.717, 1.165) is 37.2 Å². The number of aryl methyl sites for hydroxylation is 1. The lowest BCUT2D eigenvalue weighted by atomic mass is 10.1. The largest absolute Gasteiger partial charge is 0.353 e. The fourth-order valence-corrected chi connectivity index (χ4v) is 2.80. The Balaban J connectivity index is 1.71. The van der Waals surface area contributed by atoms with Crippen LogP contribution in [0.5, 0.6) is 0 Å². The molecule has 122 valence electrons. The fraction of sp³-hybridized carbons (Fsp3) is 0.688. The third kappa shape index (κ3) is 5.16. The van der Waals surface area contributed by atoms with Crippen LogP contribution in [-0.2, 0) is 16.0 Å². The molecule has 0 saturated carbocycles. The van der Waals surface area contributed by atoms with E-state index in [0.29, 0.717) is 25.8 Å². The molecule has 0 spiro atoms. The molecule has 0 aromatic carbocycles. The predicted octanol–water partition coefficient (Wildman–Crippen LogP) is 1.56. The van der Waals surface area contributed by atoms with E-state index >= 15 is 0 Å². The summed E-state index contributed by atoms with van der Waals surface area (Å²) in [7, 11) is 0. The molecule has 0 aliphatic carbocycles. The Morgan fingerprint density at radius 3 is 3.00 bits per heavy atom. The van der Waals surface area contributed by atoms with Gasteiger partial charge in [-0.3, -0.25) is 14.7 Å². The van der Waals surface area contributed by atoms with Crippen LogP contribution >= 0.6 is 0 Å². The van der Waals surface area contributed by atoms with Crippen molar-refractivity contribution in [3.63, 3.8) is 0 Å². The first-order chi connectivity index (χ1) is 10.5. The van der Waals surface area contributed by atoms with Crippen molar-refractivity contribution in [2.75, 3.05) is 13.1 Å². The highest BCUT2D eigenvalue weighted by molar-refractivity contribution is 5.79. The number of H-pyrrole nitrogens is 1. The van der Waals surface area contributed by atoms with Crippen molar-refractivity contribution in [1.82, 2.24) is 20.4 Å². The van der Waals surface area contributed by atoms with Crippen LogP contribution < -0.4 is 5.32 Å². The lowest BCUT2D eigenvalue weighted by Gasteiger charge is -2.20. The van der Waals surface area contributed by atoms with E-state index in [-0.39, 0.29) is 17.9 Å². The molecule has 6 heteroatoms. The zero-order valence-corrected chi connectivity index (χ0v) is 13.5. The van der Waals surface area contributed by atoms with Gasteiger partial charge in [-0.05, 0) is 32.8 Å². The molecule has 1 aliphatic heterocycles. The van der Waals surface area contributed by atoms with E-state index in [1.807, 2.05) is 24.8 Å². The number of aromatic nitrogens is 2. The summed E-state index contributed by atoms with van der Waals surface area (Å²) in [5.74, 6) is 0.183. The molecule has 22 heavy (non-hydrogen) atoms. The highest BCUT2D eigenvalue weighted by atomic mass is 16.2. The van der Waals surface area contributed by atoms with Gasteiger partial charge in [-0.2, -0.15) is 5.10 Å². The standard InChI is InChI=1S/C16H26N4O2/c1-12(10-14-11-13(2)18-19-14)17-15(21)7-9-20-8-5-3-4-6-16(20)22/h11-12H,3-10H2,1-2H3,(H,17,21)(H,18,19)/t12-/m0/s1. The second-order valence-electron chi connectivity index (χ2n) is 6.16. The monoisotopic (exact) mass is 306 g/mol. The molecule has 2 amide bonds. The molecule has 1 fully saturated rings. The lowest BCUT2D eigenvalue weighted by Crippen LogP contribution is -2.38. The summed E-state index contributed by atoms with van der Waals surface area (Å²) in [6.07, 6.45) is 4.82. The first-order valence-electron chi connectivity index (χ1n) is 8.12. The molecule has 2 N–H and O–H groups in total. The smallest absolute Gasteiger partial charge is 0.222 e. The third-order valence-electron chi connectivity index (χ3n) is 3.96. The molecule has 0 bridgehead atoms. The Morgan fingerprint density at radius 2 is 2.27 bits per heavy atom. The minimum absolute atomic E-state index is 0.00296. The predicted molar refractivity (Wildman–Crippen MR) is 84.3 cm³/mol. The van der Waals surface area contributed by atoms with Crippen molar-refractivity contribution < 1.29 is 9.59 Å². The molecule has 1 aromatic heterocycles. The van der Waals surface area contributed by atoms with Crippen molar-refractivity contribution in [3.05, 3.63) is 17.5 Å². The second kappa shape index (κ2) is 7.96. The fourth-order valence-electron chi connectivity index (χ4n) is 2.80. The summed E-state index contributed by atoms with van der Waals surface area (Å²) in [5.41, 5.74) is 1.97. The van der Waals surface area contributed by atoms with Gasteiger partial charge in [0.15, 0.2) is 0 Å². The van der Waals surface area contributed by atoms with Crippen LogP contribution in [0.4, 0.5) is 0 Å². The van der Waals surface area contributed by atoms with E-state index in [9.17, 15) is 9.59 Å². The maximum Gasteiger partial charge on any atom is 0.222 e. The van der Waals surface area contributed by atoms with Crippen molar-refractivity contribution in [1.29, 1.82) is 0 Å². The van der Waals surface area contributed by atoms with Crippen molar-refractivity contribution in [2.45, 2.75) is 58.4 Å². The summed E-state index contributed by atoms with van der Waals surface area (Å²) in [4.78, 5) is 25.7. The van der Waals surface area contributed by atoms with Gasteiger partial charge in [0.25, 0.3) is 0 Å². The van der Waals surface area contributed by atoms with Crippen LogP contribution in [0, 0.1) is 6.92 Å². The maximum absolute atomic E-state index is 12.0. The van der Waals surface area contributed by atoms with Gasteiger partial charge in [0.05, 0.1) is 5.69 Å². The van der Waals surface area contributed by atoms with Crippen molar-refractivity contribution >= 4 is 11.8 Å². The van der Waals surface area contributed by atoms with Crippen LogP contribution in [-0.4, -0.2) is 46.0 Å². The lowest BCUT2D eigenvalue weighted by molar-refractivity contribution is -0.131. The van der Waals surface area contributed by atoms with Crippen LogP contribution in [0.1, 0.15) is 50.4 Å². The molecule has 0 radical (unpaired) electrons. The zero-order valence-electron chi connectivity index (χ0n) is 13.5. The second-order valence-corrected chi connectivity index (χ2v) is 6.16. The quantitative estimate of drug-likeness (QED) is 0.837. The summed E-state index contributed by atoms with van der Waals surface area (Å²) < 4.78 is 0. The molecular weight excluding hydrogens is 280 g/mol. The number of carbonyl (C=O) groups is 2. The Morgan fingerprint density at radius 1 is 1.45 bits per heavy atom. The highest BCUT2D eigenvalue weighted by Crippen LogP contribution is 2.11. The van der Waals surface area contributed by atoms with E-state index in [1.54, 1.807) is 0 Å². The van der Waals surface area contributed by atoms with Gasteiger partial charge in [-0.1, -0.05) is 6.42 Å². The number of rotatable bonds is 6. The highest BCUT2D eigenvalue weighted by Gasteiger charge is 2.18. The Kier molecular flexibility index (Phi) is 5.98. The third-order valence-corrected chi connectivity index (χ3v) is 3.96. The molecule has 0 unspecified atom stereocenters. The van der Waals surface area contributed by atoms with Crippen LogP contribution in [0.25, 0.3) is 0 Å². The number of aromatic amines is 1. The van der Waals surface area contributed by atoms with E-state index < -0.39 is 0 Å². The van der Waals surface area contributed by atoms with E-state index in [1.165, 1.54) is 0 Å². The summed E-state index contributed by atoms with van der Waals surface area (Å²) in [6, 6.07) is 2.02. The summed E-state index contributed by atoms with van der Waals surface area (Å²) >= 11 is 0. The molecule has 6 nitrogen and oxygen atoms in total. The average Bonchev–Trinajstić information content (AvgIpc) is 2.74. The van der Waals surface area contributed by atoms with Gasteiger partial charge in [-0.15, -0.1) is 0 Å². The minimum atomic E-state index is -0.00296. The number of carbonyl (C=O) groups excluding carboxylic acids is 2. The van der Waals surface area contributed by atoms with E-state index in [2.05, 4.69) is 15.5 Å². The first kappa shape index (κ1) is 16.5. The molecule has 2 heterocycles. The van der Waals surface area contributed by atoms with Gasteiger partial charge in [0.2, 0.25) is 11.8 Å². The zero-order chi connectivity index (χ0) is 15.9. The van der Waals surface area contributed by atoms with E-state index in [4.69, 9.17) is 0 Å². The van der Waals surface area contributed by atoms with Crippen molar-refractivity contribution in [3.8, 4) is 0 Å². The van der Waals surface area contributed by atoms with Gasteiger partial charge < -0.3 is 10.2 Å². The Hall–Kier alpha value is -1.85. The van der Waals surface area contributed by atoms with Crippen LogP contribution in [0.15, 0.2) is 6.07 Å². The number of nitrogens with one attached hydrogen (secondary N) is 2. The Labute approximate surface area is 131 Å². The molecule has 1 atom stereocenters. The maximum atomic E-state index is 12.0. The Bertz CT molecular complexity index is 512. The number of hydrogen-bond acceptors (Lipinski definition) is 3. The summed E-state index contributed by atoms with van der Waals surface area (Å²) in [6.45, 7) is 5.24. The minimum Gasteiger partial charge on any atom is -0.353 e. The molecular formula is C16H26N4O2. The first-order valence-corrected chi connectivity index (χ1v) is 8.12. The number of amides is 2. The number of nitrogens with zero attached hydrogens (tertiary/aromatic N) is 2.